The van der Waals surface area contributed by atoms with Crippen molar-refractivity contribution >= 4 is 27.7 Å². The van der Waals surface area contributed by atoms with Crippen molar-refractivity contribution in [3.05, 3.63) is 30.1 Å². The molecular weight excluding hydrogens is 246 g/mol. The fourth-order valence-electron chi connectivity index (χ4n) is 1.45. The Hall–Kier alpha value is -1.49. The van der Waals surface area contributed by atoms with E-state index in [0.717, 1.165) is 22.3 Å². The van der Waals surface area contributed by atoms with Gasteiger partial charge in [-0.1, -0.05) is 0 Å². The van der Waals surface area contributed by atoms with Crippen molar-refractivity contribution in [2.45, 2.75) is 32.4 Å². The summed E-state index contributed by atoms with van der Waals surface area (Å²) in [4.78, 5) is 7.34. The molecule has 5 heteroatoms. The third-order valence-corrected chi connectivity index (χ3v) is 4.05. The third kappa shape index (κ3) is 2.67. The number of rotatable bonds is 2. The van der Waals surface area contributed by atoms with E-state index < -0.39 is 11.0 Å². The van der Waals surface area contributed by atoms with Crippen molar-refractivity contribution < 1.29 is 4.21 Å². The molecule has 1 N–H and O–H groups in total. The number of aromatic nitrogens is 2. The molecule has 2 rings (SSSR count). The second-order valence-corrected chi connectivity index (χ2v) is 7.08. The highest BCUT2D eigenvalue weighted by Crippen LogP contribution is 2.16. The summed E-state index contributed by atoms with van der Waals surface area (Å²) in [7, 11) is -1.24. The second-order valence-electron chi connectivity index (χ2n) is 5.18. The van der Waals surface area contributed by atoms with Gasteiger partial charge in [0.2, 0.25) is 0 Å². The first-order valence-corrected chi connectivity index (χ1v) is 6.89. The van der Waals surface area contributed by atoms with Crippen LogP contribution in [0.4, 0.5) is 0 Å². The van der Waals surface area contributed by atoms with Gasteiger partial charge in [-0.15, -0.1) is 0 Å². The van der Waals surface area contributed by atoms with Gasteiger partial charge in [-0.2, -0.15) is 4.40 Å². The Morgan fingerprint density at radius 3 is 2.83 bits per heavy atom. The first-order valence-electron chi connectivity index (χ1n) is 5.79. The lowest BCUT2D eigenvalue weighted by atomic mass is 10.2. The zero-order valence-corrected chi connectivity index (χ0v) is 11.8. The number of H-pyrrole nitrogens is 1. The fourth-order valence-corrected chi connectivity index (χ4v) is 2.08. The van der Waals surface area contributed by atoms with Gasteiger partial charge in [-0.3, -0.25) is 0 Å². The molecule has 0 aliphatic rings. The molecule has 18 heavy (non-hydrogen) atoms. The maximum Gasteiger partial charge on any atom is 0.145 e. The molecule has 0 aliphatic carbocycles. The number of hydrogen-bond donors (Lipinski definition) is 1. The van der Waals surface area contributed by atoms with E-state index in [2.05, 4.69) is 14.4 Å². The highest BCUT2D eigenvalue weighted by atomic mass is 32.2. The van der Waals surface area contributed by atoms with Crippen LogP contribution in [0.15, 0.2) is 28.9 Å². The minimum atomic E-state index is -1.24. The smallest absolute Gasteiger partial charge is 0.145 e. The van der Waals surface area contributed by atoms with Crippen LogP contribution in [0, 0.1) is 0 Å². The molecule has 0 amide bonds. The van der Waals surface area contributed by atoms with Crippen LogP contribution in [0.25, 0.3) is 11.0 Å². The fraction of sp³-hybridized carbons (Fsp3) is 0.385. The molecule has 96 valence electrons. The van der Waals surface area contributed by atoms with E-state index in [-0.39, 0.29) is 4.75 Å². The first-order chi connectivity index (χ1) is 8.38. The van der Waals surface area contributed by atoms with E-state index in [9.17, 15) is 4.21 Å². The van der Waals surface area contributed by atoms with Crippen molar-refractivity contribution in [3.63, 3.8) is 0 Å². The maximum absolute atomic E-state index is 12.0. The predicted octanol–water partition coefficient (Wildman–Crippen LogP) is 2.83. The molecule has 2 aromatic heterocycles. The Balaban J connectivity index is 2.35. The summed E-state index contributed by atoms with van der Waals surface area (Å²) in [6, 6.07) is 3.96. The van der Waals surface area contributed by atoms with Crippen LogP contribution in [0.1, 0.15) is 33.3 Å². The number of fused-ring (bicyclic) bond motifs is 1. The van der Waals surface area contributed by atoms with Gasteiger partial charge in [0, 0.05) is 23.3 Å². The molecule has 0 saturated heterocycles. The van der Waals surface area contributed by atoms with Gasteiger partial charge in [0.25, 0.3) is 0 Å². The van der Waals surface area contributed by atoms with Gasteiger partial charge in [-0.05, 0) is 39.8 Å². The van der Waals surface area contributed by atoms with Gasteiger partial charge in [0.15, 0.2) is 0 Å². The zero-order chi connectivity index (χ0) is 13.3. The summed E-state index contributed by atoms with van der Waals surface area (Å²) in [5.41, 5.74) is 2.50. The quantitative estimate of drug-likeness (QED) is 0.847. The Labute approximate surface area is 109 Å². The Morgan fingerprint density at radius 1 is 1.44 bits per heavy atom. The Bertz CT molecular complexity index is 622. The maximum atomic E-state index is 12.0. The summed E-state index contributed by atoms with van der Waals surface area (Å²) < 4.78 is 15.9. The van der Waals surface area contributed by atoms with Crippen molar-refractivity contribution in [2.75, 3.05) is 0 Å². The Morgan fingerprint density at radius 2 is 2.17 bits per heavy atom. The van der Waals surface area contributed by atoms with Crippen LogP contribution in [0.5, 0.6) is 0 Å². The van der Waals surface area contributed by atoms with Crippen molar-refractivity contribution in [2.24, 2.45) is 4.40 Å². The van der Waals surface area contributed by atoms with E-state index in [1.807, 2.05) is 46.0 Å². The molecule has 0 bridgehead atoms. The van der Waals surface area contributed by atoms with E-state index in [0.29, 0.717) is 0 Å². The van der Waals surface area contributed by atoms with Crippen LogP contribution in [-0.2, 0) is 11.0 Å². The van der Waals surface area contributed by atoms with Crippen LogP contribution >= 0.6 is 0 Å². The third-order valence-electron chi connectivity index (χ3n) is 2.56. The first kappa shape index (κ1) is 13.0. The number of nitrogens with one attached hydrogen (secondary N) is 1. The summed E-state index contributed by atoms with van der Waals surface area (Å²) in [6.45, 7) is 7.59. The van der Waals surface area contributed by atoms with Crippen LogP contribution in [0.2, 0.25) is 0 Å². The van der Waals surface area contributed by atoms with Gasteiger partial charge in [-0.25, -0.2) is 9.19 Å². The average molecular weight is 263 g/mol. The lowest BCUT2D eigenvalue weighted by Crippen LogP contribution is -2.20. The van der Waals surface area contributed by atoms with Crippen LogP contribution in [-0.4, -0.2) is 24.6 Å². The van der Waals surface area contributed by atoms with Crippen LogP contribution in [0.3, 0.4) is 0 Å². The SMILES string of the molecule is C/C(=N\S(=O)C(C)(C)C)c1cnc2[nH]ccc2c1. The van der Waals surface area contributed by atoms with Gasteiger partial charge in [0.1, 0.15) is 16.6 Å². The molecule has 0 saturated carbocycles. The van der Waals surface area contributed by atoms with E-state index in [1.165, 1.54) is 0 Å². The summed E-state index contributed by atoms with van der Waals surface area (Å²) >= 11 is 0. The summed E-state index contributed by atoms with van der Waals surface area (Å²) in [5.74, 6) is 0. The molecule has 2 heterocycles. The molecule has 0 aliphatic heterocycles. The highest BCUT2D eigenvalue weighted by molar-refractivity contribution is 7.85. The van der Waals surface area contributed by atoms with Crippen molar-refractivity contribution in [3.8, 4) is 0 Å². The molecular formula is C13H17N3OS. The van der Waals surface area contributed by atoms with Gasteiger partial charge in [0.05, 0.1) is 10.5 Å². The molecule has 0 spiro atoms. The minimum Gasteiger partial charge on any atom is -0.346 e. The molecule has 2 aromatic rings. The van der Waals surface area contributed by atoms with E-state index in [4.69, 9.17) is 0 Å². The van der Waals surface area contributed by atoms with Gasteiger partial charge < -0.3 is 4.98 Å². The summed E-state index contributed by atoms with van der Waals surface area (Å²) in [5, 5.41) is 1.03. The average Bonchev–Trinajstić information content (AvgIpc) is 2.74. The summed E-state index contributed by atoms with van der Waals surface area (Å²) in [6.07, 6.45) is 3.60. The topological polar surface area (TPSA) is 58.1 Å². The molecule has 0 fully saturated rings. The largest absolute Gasteiger partial charge is 0.346 e. The standard InChI is InChI=1S/C13H17N3OS/c1-9(16-18(17)13(2,3)4)11-7-10-5-6-14-12(10)15-8-11/h5-8H,1-4H3,(H,14,15)/b16-9+. The van der Waals surface area contributed by atoms with Gasteiger partial charge >= 0.3 is 0 Å². The Kier molecular flexibility index (Phi) is 3.34. The monoisotopic (exact) mass is 263 g/mol. The highest BCUT2D eigenvalue weighted by Gasteiger charge is 2.19. The molecule has 0 aromatic carbocycles. The number of aromatic amines is 1. The number of nitrogens with zero attached hydrogens (tertiary/aromatic N) is 2. The number of hydrogen-bond acceptors (Lipinski definition) is 2. The lowest BCUT2D eigenvalue weighted by Gasteiger charge is -2.14. The molecule has 0 radical (unpaired) electrons. The van der Waals surface area contributed by atoms with Crippen molar-refractivity contribution in [1.29, 1.82) is 0 Å². The normalized spacial score (nSPS) is 15.0. The number of pyridine rings is 1. The second kappa shape index (κ2) is 4.65. The minimum absolute atomic E-state index is 0.340. The molecule has 1 unspecified atom stereocenters. The molecule has 1 atom stereocenters. The van der Waals surface area contributed by atoms with Crippen LogP contribution < -0.4 is 0 Å². The van der Waals surface area contributed by atoms with E-state index >= 15 is 0 Å². The zero-order valence-electron chi connectivity index (χ0n) is 11.0. The lowest BCUT2D eigenvalue weighted by molar-refractivity contribution is 0.650. The van der Waals surface area contributed by atoms with Crippen molar-refractivity contribution in [1.82, 2.24) is 9.97 Å². The van der Waals surface area contributed by atoms with E-state index in [1.54, 1.807) is 6.20 Å². The molecule has 4 nitrogen and oxygen atoms in total. The predicted molar refractivity (Wildman–Crippen MR) is 76.2 cm³/mol.